The molecule has 2 saturated heterocycles. The highest BCUT2D eigenvalue weighted by atomic mass is 35.5. The Morgan fingerprint density at radius 1 is 1.33 bits per heavy atom. The summed E-state index contributed by atoms with van der Waals surface area (Å²) in [7, 11) is 0. The number of carbonyl (C=O) groups excluding carboxylic acids is 2. The SMILES string of the molecule is O=C1CC(C(=O)N2CCN(c3ncccc3Cl)CC2)CN1. The largest absolute Gasteiger partial charge is 0.355 e. The van der Waals surface area contributed by atoms with E-state index in [4.69, 9.17) is 11.6 Å². The first-order chi connectivity index (χ1) is 10.1. The van der Waals surface area contributed by atoms with Crippen LogP contribution in [-0.2, 0) is 9.59 Å². The van der Waals surface area contributed by atoms with E-state index in [0.29, 0.717) is 44.2 Å². The van der Waals surface area contributed by atoms with Crippen molar-refractivity contribution in [2.45, 2.75) is 6.42 Å². The molecule has 3 rings (SSSR count). The monoisotopic (exact) mass is 308 g/mol. The molecule has 0 radical (unpaired) electrons. The fourth-order valence-electron chi connectivity index (χ4n) is 2.79. The molecule has 0 aromatic carbocycles. The molecule has 1 aromatic rings. The van der Waals surface area contributed by atoms with Gasteiger partial charge in [-0.15, -0.1) is 0 Å². The third-order valence-corrected chi connectivity index (χ3v) is 4.25. The van der Waals surface area contributed by atoms with Crippen molar-refractivity contribution in [3.05, 3.63) is 23.4 Å². The Morgan fingerprint density at radius 3 is 2.71 bits per heavy atom. The van der Waals surface area contributed by atoms with Gasteiger partial charge < -0.3 is 15.1 Å². The molecule has 0 bridgehead atoms. The van der Waals surface area contributed by atoms with Gasteiger partial charge in [-0.3, -0.25) is 9.59 Å². The Hall–Kier alpha value is -1.82. The van der Waals surface area contributed by atoms with Crippen LogP contribution in [0.4, 0.5) is 5.82 Å². The summed E-state index contributed by atoms with van der Waals surface area (Å²) in [6, 6.07) is 3.62. The Bertz CT molecular complexity index is 558. The molecule has 2 amide bonds. The van der Waals surface area contributed by atoms with Gasteiger partial charge in [-0.2, -0.15) is 0 Å². The van der Waals surface area contributed by atoms with Crippen molar-refractivity contribution < 1.29 is 9.59 Å². The minimum Gasteiger partial charge on any atom is -0.355 e. The van der Waals surface area contributed by atoms with Crippen LogP contribution in [0.1, 0.15) is 6.42 Å². The van der Waals surface area contributed by atoms with Gasteiger partial charge in [-0.1, -0.05) is 11.6 Å². The number of nitrogens with zero attached hydrogens (tertiary/aromatic N) is 3. The summed E-state index contributed by atoms with van der Waals surface area (Å²) >= 11 is 6.15. The van der Waals surface area contributed by atoms with Crippen LogP contribution in [0, 0.1) is 5.92 Å². The first-order valence-corrected chi connectivity index (χ1v) is 7.44. The lowest BCUT2D eigenvalue weighted by Crippen LogP contribution is -2.51. The molecule has 6 nitrogen and oxygen atoms in total. The van der Waals surface area contributed by atoms with Gasteiger partial charge >= 0.3 is 0 Å². The van der Waals surface area contributed by atoms with Crippen molar-refractivity contribution in [1.82, 2.24) is 15.2 Å². The molecule has 2 fully saturated rings. The lowest BCUT2D eigenvalue weighted by Gasteiger charge is -2.36. The number of nitrogens with one attached hydrogen (secondary N) is 1. The maximum atomic E-state index is 12.3. The Labute approximate surface area is 128 Å². The highest BCUT2D eigenvalue weighted by Gasteiger charge is 2.33. The second-order valence-corrected chi connectivity index (χ2v) is 5.73. The maximum Gasteiger partial charge on any atom is 0.228 e. The normalized spacial score (nSPS) is 22.3. The summed E-state index contributed by atoms with van der Waals surface area (Å²) in [5.74, 6) is 0.596. The van der Waals surface area contributed by atoms with E-state index in [2.05, 4.69) is 15.2 Å². The lowest BCUT2D eigenvalue weighted by atomic mass is 10.1. The third kappa shape index (κ3) is 2.95. The van der Waals surface area contributed by atoms with E-state index in [1.54, 1.807) is 12.3 Å². The van der Waals surface area contributed by atoms with Crippen molar-refractivity contribution >= 4 is 29.2 Å². The second-order valence-electron chi connectivity index (χ2n) is 5.33. The molecule has 1 atom stereocenters. The highest BCUT2D eigenvalue weighted by Crippen LogP contribution is 2.24. The predicted molar refractivity (Wildman–Crippen MR) is 79.2 cm³/mol. The number of hydrogen-bond donors (Lipinski definition) is 1. The Morgan fingerprint density at radius 2 is 2.10 bits per heavy atom. The summed E-state index contributed by atoms with van der Waals surface area (Å²) in [5, 5.41) is 3.34. The molecular weight excluding hydrogens is 292 g/mol. The molecule has 0 aliphatic carbocycles. The van der Waals surface area contributed by atoms with Crippen LogP contribution in [0.2, 0.25) is 5.02 Å². The smallest absolute Gasteiger partial charge is 0.228 e. The van der Waals surface area contributed by atoms with Crippen molar-refractivity contribution in [3.8, 4) is 0 Å². The van der Waals surface area contributed by atoms with Gasteiger partial charge in [0.05, 0.1) is 10.9 Å². The number of piperazine rings is 1. The minimum atomic E-state index is -0.206. The molecule has 112 valence electrons. The number of rotatable bonds is 2. The first-order valence-electron chi connectivity index (χ1n) is 7.06. The van der Waals surface area contributed by atoms with Crippen LogP contribution in [0.25, 0.3) is 0 Å². The van der Waals surface area contributed by atoms with Crippen LogP contribution in [-0.4, -0.2) is 54.4 Å². The average molecular weight is 309 g/mol. The molecule has 1 unspecified atom stereocenters. The Kier molecular flexibility index (Phi) is 3.96. The second kappa shape index (κ2) is 5.89. The van der Waals surface area contributed by atoms with E-state index >= 15 is 0 Å². The van der Waals surface area contributed by atoms with Crippen molar-refractivity contribution in [1.29, 1.82) is 0 Å². The number of carbonyl (C=O) groups is 2. The molecule has 3 heterocycles. The number of amides is 2. The molecule has 7 heteroatoms. The first kappa shape index (κ1) is 14.1. The molecule has 2 aliphatic rings. The number of anilines is 1. The molecular formula is C14H17ClN4O2. The molecule has 1 N–H and O–H groups in total. The standard InChI is InChI=1S/C14H17ClN4O2/c15-11-2-1-3-16-13(11)18-4-6-19(7-5-18)14(21)10-8-12(20)17-9-10/h1-3,10H,4-9H2,(H,17,20). The van der Waals surface area contributed by atoms with E-state index in [9.17, 15) is 9.59 Å². The van der Waals surface area contributed by atoms with Gasteiger partial charge in [0.2, 0.25) is 11.8 Å². The van der Waals surface area contributed by atoms with Crippen molar-refractivity contribution in [2.24, 2.45) is 5.92 Å². The number of pyridine rings is 1. The molecule has 1 aromatic heterocycles. The highest BCUT2D eigenvalue weighted by molar-refractivity contribution is 6.32. The topological polar surface area (TPSA) is 65.5 Å². The van der Waals surface area contributed by atoms with Gasteiger partial charge in [0, 0.05) is 45.3 Å². The fourth-order valence-corrected chi connectivity index (χ4v) is 3.03. The number of halogens is 1. The van der Waals surface area contributed by atoms with Crippen molar-refractivity contribution in [3.63, 3.8) is 0 Å². The molecule has 2 aliphatic heterocycles. The summed E-state index contributed by atoms with van der Waals surface area (Å²) in [6.45, 7) is 3.14. The summed E-state index contributed by atoms with van der Waals surface area (Å²) < 4.78 is 0. The predicted octanol–water partition coefficient (Wildman–Crippen LogP) is 0.520. The molecule has 0 spiro atoms. The van der Waals surface area contributed by atoms with Gasteiger partial charge in [0.1, 0.15) is 5.82 Å². The lowest BCUT2D eigenvalue weighted by molar-refractivity contribution is -0.136. The molecule has 0 saturated carbocycles. The maximum absolute atomic E-state index is 12.3. The van der Waals surface area contributed by atoms with E-state index < -0.39 is 0 Å². The van der Waals surface area contributed by atoms with Gasteiger partial charge in [-0.25, -0.2) is 4.98 Å². The fraction of sp³-hybridized carbons (Fsp3) is 0.500. The summed E-state index contributed by atoms with van der Waals surface area (Å²) in [4.78, 5) is 31.7. The van der Waals surface area contributed by atoms with Crippen molar-refractivity contribution in [2.75, 3.05) is 37.6 Å². The zero-order valence-corrected chi connectivity index (χ0v) is 12.3. The van der Waals surface area contributed by atoms with Crippen LogP contribution >= 0.6 is 11.6 Å². The number of hydrogen-bond acceptors (Lipinski definition) is 4. The average Bonchev–Trinajstić information content (AvgIpc) is 2.94. The van der Waals surface area contributed by atoms with Gasteiger partial charge in [0.25, 0.3) is 0 Å². The van der Waals surface area contributed by atoms with Crippen LogP contribution in [0.15, 0.2) is 18.3 Å². The van der Waals surface area contributed by atoms with E-state index in [0.717, 1.165) is 5.82 Å². The van der Waals surface area contributed by atoms with E-state index in [1.807, 2.05) is 11.0 Å². The van der Waals surface area contributed by atoms with Gasteiger partial charge in [0.15, 0.2) is 0 Å². The summed E-state index contributed by atoms with van der Waals surface area (Å²) in [5.41, 5.74) is 0. The third-order valence-electron chi connectivity index (χ3n) is 3.96. The zero-order valence-electron chi connectivity index (χ0n) is 11.6. The Balaban J connectivity index is 1.59. The summed E-state index contributed by atoms with van der Waals surface area (Å²) in [6.07, 6.45) is 2.03. The van der Waals surface area contributed by atoms with Crippen LogP contribution < -0.4 is 10.2 Å². The van der Waals surface area contributed by atoms with Crippen LogP contribution in [0.5, 0.6) is 0 Å². The van der Waals surface area contributed by atoms with Gasteiger partial charge in [-0.05, 0) is 12.1 Å². The van der Waals surface area contributed by atoms with E-state index in [1.165, 1.54) is 0 Å². The quantitative estimate of drug-likeness (QED) is 0.865. The van der Waals surface area contributed by atoms with E-state index in [-0.39, 0.29) is 17.7 Å². The minimum absolute atomic E-state index is 0.0350. The number of aromatic nitrogens is 1. The van der Waals surface area contributed by atoms with Crippen LogP contribution in [0.3, 0.4) is 0 Å². The zero-order chi connectivity index (χ0) is 14.8. The molecule has 21 heavy (non-hydrogen) atoms.